The molecule has 0 amide bonds. The Labute approximate surface area is 85.8 Å². The van der Waals surface area contributed by atoms with E-state index < -0.39 is 6.04 Å². The summed E-state index contributed by atoms with van der Waals surface area (Å²) in [7, 11) is 1.34. The van der Waals surface area contributed by atoms with Crippen molar-refractivity contribution in [1.82, 2.24) is 0 Å². The van der Waals surface area contributed by atoms with E-state index in [4.69, 9.17) is 10.5 Å². The molecule has 0 fully saturated rings. The van der Waals surface area contributed by atoms with Gasteiger partial charge in [0.2, 0.25) is 0 Å². The molecule has 4 heteroatoms. The normalized spacial score (nSPS) is 12.9. The number of methoxy groups -OCH3 is 1. The summed E-state index contributed by atoms with van der Waals surface area (Å²) in [5, 5.41) is 0. The molecule has 0 aromatic rings. The summed E-state index contributed by atoms with van der Waals surface area (Å²) in [5.74, 6) is 0.266. The van der Waals surface area contributed by atoms with E-state index in [1.807, 2.05) is 0 Å². The van der Waals surface area contributed by atoms with Crippen LogP contribution in [-0.2, 0) is 14.3 Å². The molecule has 0 saturated heterocycles. The highest BCUT2D eigenvalue weighted by atomic mass is 16.5. The summed E-state index contributed by atoms with van der Waals surface area (Å²) in [5.41, 5.74) is 5.52. The molecule has 0 bridgehead atoms. The minimum Gasteiger partial charge on any atom is -0.468 e. The second kappa shape index (κ2) is 7.76. The van der Waals surface area contributed by atoms with E-state index in [-0.39, 0.29) is 5.97 Å². The van der Waals surface area contributed by atoms with Crippen molar-refractivity contribution in [2.45, 2.75) is 32.7 Å². The number of esters is 1. The number of nitrogens with two attached hydrogens (primary N) is 1. The van der Waals surface area contributed by atoms with Crippen molar-refractivity contribution in [2.75, 3.05) is 20.3 Å². The van der Waals surface area contributed by atoms with Crippen molar-refractivity contribution in [1.29, 1.82) is 0 Å². The predicted octanol–water partition coefficient (Wildman–Crippen LogP) is 0.939. The Bertz CT molecular complexity index is 159. The van der Waals surface area contributed by atoms with Gasteiger partial charge in [0.25, 0.3) is 0 Å². The molecule has 0 aliphatic rings. The molecule has 0 aromatic heterocycles. The van der Waals surface area contributed by atoms with Gasteiger partial charge in [-0.3, -0.25) is 4.79 Å². The molecule has 14 heavy (non-hydrogen) atoms. The van der Waals surface area contributed by atoms with Gasteiger partial charge >= 0.3 is 5.97 Å². The smallest absolute Gasteiger partial charge is 0.322 e. The van der Waals surface area contributed by atoms with Crippen molar-refractivity contribution in [3.8, 4) is 0 Å². The van der Waals surface area contributed by atoms with Crippen LogP contribution in [0.4, 0.5) is 0 Å². The molecule has 0 spiro atoms. The molecule has 1 atom stereocenters. The van der Waals surface area contributed by atoms with Crippen molar-refractivity contribution in [3.05, 3.63) is 0 Å². The molecule has 1 unspecified atom stereocenters. The van der Waals surface area contributed by atoms with E-state index in [0.29, 0.717) is 18.9 Å². The average molecular weight is 203 g/mol. The third-order valence-electron chi connectivity index (χ3n) is 1.92. The maximum atomic E-state index is 10.9. The van der Waals surface area contributed by atoms with Crippen LogP contribution in [-0.4, -0.2) is 32.3 Å². The molecule has 0 heterocycles. The molecular formula is C10H21NO3. The lowest BCUT2D eigenvalue weighted by Gasteiger charge is -2.10. The number of hydrogen-bond donors (Lipinski definition) is 1. The monoisotopic (exact) mass is 203 g/mol. The van der Waals surface area contributed by atoms with Crippen LogP contribution in [0.25, 0.3) is 0 Å². The Morgan fingerprint density at radius 2 is 1.86 bits per heavy atom. The molecule has 0 radical (unpaired) electrons. The summed E-state index contributed by atoms with van der Waals surface area (Å²) in [6, 6.07) is -0.556. The molecule has 2 N–H and O–H groups in total. The van der Waals surface area contributed by atoms with Gasteiger partial charge in [-0.25, -0.2) is 0 Å². The summed E-state index contributed by atoms with van der Waals surface area (Å²) >= 11 is 0. The van der Waals surface area contributed by atoms with Gasteiger partial charge in [0.05, 0.1) is 7.11 Å². The maximum absolute atomic E-state index is 10.9. The van der Waals surface area contributed by atoms with Gasteiger partial charge < -0.3 is 15.2 Å². The topological polar surface area (TPSA) is 61.5 Å². The van der Waals surface area contributed by atoms with Crippen molar-refractivity contribution < 1.29 is 14.3 Å². The minimum atomic E-state index is -0.556. The van der Waals surface area contributed by atoms with Crippen LogP contribution in [0.1, 0.15) is 26.7 Å². The first-order valence-corrected chi connectivity index (χ1v) is 4.99. The van der Waals surface area contributed by atoms with Crippen LogP contribution in [0.3, 0.4) is 0 Å². The molecule has 0 rings (SSSR count). The van der Waals surface area contributed by atoms with E-state index in [2.05, 4.69) is 18.6 Å². The summed E-state index contributed by atoms with van der Waals surface area (Å²) in [4.78, 5) is 10.9. The molecule has 0 saturated carbocycles. The van der Waals surface area contributed by atoms with Gasteiger partial charge in [-0.1, -0.05) is 13.8 Å². The summed E-state index contributed by atoms with van der Waals surface area (Å²) < 4.78 is 9.81. The second-order valence-electron chi connectivity index (χ2n) is 3.71. The first-order chi connectivity index (χ1) is 6.57. The highest BCUT2D eigenvalue weighted by molar-refractivity contribution is 5.75. The fraction of sp³-hybridized carbons (Fsp3) is 0.900. The molecule has 0 aliphatic carbocycles. The standard InChI is InChI=1S/C10H21NO3/c1-8(2)4-6-14-7-5-9(11)10(12)13-3/h8-9H,4-7,11H2,1-3H3. The van der Waals surface area contributed by atoms with E-state index >= 15 is 0 Å². The fourth-order valence-electron chi connectivity index (χ4n) is 0.901. The lowest BCUT2D eigenvalue weighted by molar-refractivity contribution is -0.142. The lowest BCUT2D eigenvalue weighted by Crippen LogP contribution is -2.32. The Kier molecular flexibility index (Phi) is 7.42. The molecular weight excluding hydrogens is 182 g/mol. The Morgan fingerprint density at radius 3 is 2.36 bits per heavy atom. The number of hydrogen-bond acceptors (Lipinski definition) is 4. The highest BCUT2D eigenvalue weighted by Crippen LogP contribution is 2.00. The first-order valence-electron chi connectivity index (χ1n) is 4.99. The van der Waals surface area contributed by atoms with Crippen LogP contribution in [0.15, 0.2) is 0 Å². The molecule has 0 aromatic carbocycles. The largest absolute Gasteiger partial charge is 0.468 e. The quantitative estimate of drug-likeness (QED) is 0.494. The van der Waals surface area contributed by atoms with Crippen molar-refractivity contribution >= 4 is 5.97 Å². The highest BCUT2D eigenvalue weighted by Gasteiger charge is 2.12. The van der Waals surface area contributed by atoms with E-state index in [1.165, 1.54) is 7.11 Å². The second-order valence-corrected chi connectivity index (χ2v) is 3.71. The third-order valence-corrected chi connectivity index (χ3v) is 1.92. The fourth-order valence-corrected chi connectivity index (χ4v) is 0.901. The summed E-state index contributed by atoms with van der Waals surface area (Å²) in [6.07, 6.45) is 1.55. The number of carbonyl (C=O) groups excluding carboxylic acids is 1. The first kappa shape index (κ1) is 13.4. The van der Waals surface area contributed by atoms with E-state index in [9.17, 15) is 4.79 Å². The van der Waals surface area contributed by atoms with Crippen LogP contribution < -0.4 is 5.73 Å². The van der Waals surface area contributed by atoms with Crippen LogP contribution in [0.2, 0.25) is 0 Å². The molecule has 0 aliphatic heterocycles. The van der Waals surface area contributed by atoms with Gasteiger partial charge in [0.1, 0.15) is 6.04 Å². The maximum Gasteiger partial charge on any atom is 0.322 e. The Hall–Kier alpha value is -0.610. The van der Waals surface area contributed by atoms with Crippen molar-refractivity contribution in [2.24, 2.45) is 11.7 Å². The number of ether oxygens (including phenoxy) is 2. The van der Waals surface area contributed by atoms with Crippen molar-refractivity contribution in [3.63, 3.8) is 0 Å². The minimum absolute atomic E-state index is 0.377. The van der Waals surface area contributed by atoms with Gasteiger partial charge in [-0.05, 0) is 18.8 Å². The zero-order valence-corrected chi connectivity index (χ0v) is 9.29. The van der Waals surface area contributed by atoms with Crippen LogP contribution in [0.5, 0.6) is 0 Å². The van der Waals surface area contributed by atoms with E-state index in [0.717, 1.165) is 13.0 Å². The average Bonchev–Trinajstić information content (AvgIpc) is 2.15. The zero-order chi connectivity index (χ0) is 11.0. The van der Waals surface area contributed by atoms with Gasteiger partial charge in [-0.2, -0.15) is 0 Å². The molecule has 4 nitrogen and oxygen atoms in total. The summed E-state index contributed by atoms with van der Waals surface area (Å²) in [6.45, 7) is 5.53. The Morgan fingerprint density at radius 1 is 1.29 bits per heavy atom. The van der Waals surface area contributed by atoms with Crippen LogP contribution in [0, 0.1) is 5.92 Å². The van der Waals surface area contributed by atoms with Gasteiger partial charge in [0, 0.05) is 13.2 Å². The number of carbonyl (C=O) groups is 1. The Balaban J connectivity index is 3.31. The van der Waals surface area contributed by atoms with Gasteiger partial charge in [-0.15, -0.1) is 0 Å². The number of rotatable bonds is 7. The molecule has 84 valence electrons. The van der Waals surface area contributed by atoms with Gasteiger partial charge in [0.15, 0.2) is 0 Å². The van der Waals surface area contributed by atoms with Crippen LogP contribution >= 0.6 is 0 Å². The predicted molar refractivity (Wildman–Crippen MR) is 54.9 cm³/mol. The van der Waals surface area contributed by atoms with E-state index in [1.54, 1.807) is 0 Å². The third kappa shape index (κ3) is 6.86. The lowest BCUT2D eigenvalue weighted by atomic mass is 10.1. The SMILES string of the molecule is COC(=O)C(N)CCOCCC(C)C. The zero-order valence-electron chi connectivity index (χ0n) is 9.29.